The molecule has 0 spiro atoms. The Hall–Kier alpha value is -3.50. The van der Waals surface area contributed by atoms with E-state index in [1.54, 1.807) is 40.2 Å². The van der Waals surface area contributed by atoms with E-state index in [1.807, 2.05) is 33.8 Å². The average Bonchev–Trinajstić information content (AvgIpc) is 3.37. The molecule has 2 fully saturated rings. The molecule has 2 saturated heterocycles. The van der Waals surface area contributed by atoms with Gasteiger partial charge in [0, 0.05) is 47.8 Å². The first-order chi connectivity index (χ1) is 19.0. The second-order valence-electron chi connectivity index (χ2n) is 11.6. The molecule has 0 saturated carbocycles. The summed E-state index contributed by atoms with van der Waals surface area (Å²) in [5, 5.41) is 8.53. The van der Waals surface area contributed by atoms with Crippen LogP contribution in [0.25, 0.3) is 10.9 Å². The van der Waals surface area contributed by atoms with Crippen molar-refractivity contribution in [3.8, 4) is 0 Å². The Morgan fingerprint density at radius 3 is 2.58 bits per heavy atom. The van der Waals surface area contributed by atoms with Crippen molar-refractivity contribution in [3.63, 3.8) is 0 Å². The summed E-state index contributed by atoms with van der Waals surface area (Å²) >= 11 is 6.30. The van der Waals surface area contributed by atoms with Crippen LogP contribution in [0.1, 0.15) is 64.8 Å². The van der Waals surface area contributed by atoms with Crippen LogP contribution in [0, 0.1) is 5.41 Å². The lowest BCUT2D eigenvalue weighted by Crippen LogP contribution is -2.60. The Kier molecular flexibility index (Phi) is 7.83. The van der Waals surface area contributed by atoms with Crippen LogP contribution in [0.4, 0.5) is 5.69 Å². The summed E-state index contributed by atoms with van der Waals surface area (Å²) in [7, 11) is 0. The Morgan fingerprint density at radius 1 is 1.07 bits per heavy atom. The van der Waals surface area contributed by atoms with E-state index in [2.05, 4.69) is 15.4 Å². The number of halogens is 1. The van der Waals surface area contributed by atoms with Gasteiger partial charge in [0.25, 0.3) is 0 Å². The molecule has 212 valence electrons. The van der Waals surface area contributed by atoms with Gasteiger partial charge in [0.2, 0.25) is 5.91 Å². The van der Waals surface area contributed by atoms with Gasteiger partial charge in [-0.2, -0.15) is 5.10 Å². The number of hydrogen-bond acceptors (Lipinski definition) is 6. The van der Waals surface area contributed by atoms with Crippen LogP contribution < -0.4 is 5.32 Å². The standard InChI is InChI=1S/C29H35ClN6O4/c1-18-16-35(23(19-8-7-9-21(30)12-19)17-34(18)28(39)29(2,3)4)27(38)26(37)33-22-15-31-13-20-14-32-36(25(20)22)24-10-5-6-11-40-24/h7-9,12-15,18,23-24H,5-6,10-11,16-17H2,1-4H3,(H,33,37)/t18-,23-,24?/m1/s1. The first-order valence-corrected chi connectivity index (χ1v) is 14.0. The molecule has 5 rings (SSSR count). The molecule has 1 aromatic carbocycles. The van der Waals surface area contributed by atoms with Crippen molar-refractivity contribution in [1.29, 1.82) is 0 Å². The number of piperazine rings is 1. The molecule has 0 radical (unpaired) electrons. The summed E-state index contributed by atoms with van der Waals surface area (Å²) in [6.07, 6.45) is 7.44. The lowest BCUT2D eigenvalue weighted by atomic mass is 9.91. The summed E-state index contributed by atoms with van der Waals surface area (Å²) in [5.74, 6) is -1.50. The second kappa shape index (κ2) is 11.2. The number of amides is 3. The number of anilines is 1. The van der Waals surface area contributed by atoms with Gasteiger partial charge in [0.1, 0.15) is 0 Å². The third-order valence-electron chi connectivity index (χ3n) is 7.50. The first kappa shape index (κ1) is 28.0. The molecule has 2 aliphatic heterocycles. The zero-order valence-corrected chi connectivity index (χ0v) is 24.0. The predicted molar refractivity (Wildman–Crippen MR) is 152 cm³/mol. The highest BCUT2D eigenvalue weighted by Crippen LogP contribution is 2.33. The smallest absolute Gasteiger partial charge is 0.314 e. The Labute approximate surface area is 238 Å². The largest absolute Gasteiger partial charge is 0.356 e. The predicted octanol–water partition coefficient (Wildman–Crippen LogP) is 4.57. The normalized spacial score (nSPS) is 21.9. The first-order valence-electron chi connectivity index (χ1n) is 13.7. The van der Waals surface area contributed by atoms with E-state index >= 15 is 0 Å². The van der Waals surface area contributed by atoms with Crippen LogP contribution in [0.2, 0.25) is 5.02 Å². The molecular weight excluding hydrogens is 532 g/mol. The van der Waals surface area contributed by atoms with Crippen molar-refractivity contribution in [2.75, 3.05) is 25.0 Å². The monoisotopic (exact) mass is 566 g/mol. The number of rotatable bonds is 3. The Balaban J connectivity index is 1.43. The van der Waals surface area contributed by atoms with Crippen LogP contribution in [0.15, 0.2) is 42.9 Å². The molecular formula is C29H35ClN6O4. The SMILES string of the molecule is C[C@@H]1CN(C(=O)C(=O)Nc2cncc3cnn(C4CCCCO4)c23)[C@@H](c2cccc(Cl)c2)CN1C(=O)C(C)(C)C. The summed E-state index contributed by atoms with van der Waals surface area (Å²) in [6.45, 7) is 8.60. The van der Waals surface area contributed by atoms with E-state index in [-0.39, 0.29) is 31.3 Å². The highest BCUT2D eigenvalue weighted by Gasteiger charge is 2.42. The molecule has 3 aromatic rings. The summed E-state index contributed by atoms with van der Waals surface area (Å²) in [4.78, 5) is 48.1. The quantitative estimate of drug-likeness (QED) is 0.465. The van der Waals surface area contributed by atoms with Crippen molar-refractivity contribution < 1.29 is 19.1 Å². The maximum Gasteiger partial charge on any atom is 0.314 e. The molecule has 10 nitrogen and oxygen atoms in total. The number of aromatic nitrogens is 3. The van der Waals surface area contributed by atoms with Crippen LogP contribution in [0.3, 0.4) is 0 Å². The van der Waals surface area contributed by atoms with Gasteiger partial charge in [-0.05, 0) is 43.9 Å². The lowest BCUT2D eigenvalue weighted by Gasteiger charge is -2.46. The van der Waals surface area contributed by atoms with Gasteiger partial charge in [-0.1, -0.05) is 44.5 Å². The van der Waals surface area contributed by atoms with Gasteiger partial charge in [-0.3, -0.25) is 19.4 Å². The van der Waals surface area contributed by atoms with Crippen LogP contribution in [-0.4, -0.2) is 68.0 Å². The van der Waals surface area contributed by atoms with E-state index < -0.39 is 23.3 Å². The molecule has 0 aliphatic carbocycles. The summed E-state index contributed by atoms with van der Waals surface area (Å²) in [5.41, 5.74) is 1.20. The van der Waals surface area contributed by atoms with Gasteiger partial charge in [0.05, 0.1) is 29.6 Å². The van der Waals surface area contributed by atoms with Crippen LogP contribution in [-0.2, 0) is 19.1 Å². The van der Waals surface area contributed by atoms with E-state index in [0.29, 0.717) is 22.8 Å². The highest BCUT2D eigenvalue weighted by molar-refractivity contribution is 6.40. The minimum Gasteiger partial charge on any atom is -0.356 e. The minimum absolute atomic E-state index is 0.0143. The van der Waals surface area contributed by atoms with E-state index in [9.17, 15) is 14.4 Å². The Morgan fingerprint density at radius 2 is 1.88 bits per heavy atom. The average molecular weight is 567 g/mol. The Bertz CT molecular complexity index is 1430. The molecule has 3 amide bonds. The number of hydrogen-bond donors (Lipinski definition) is 1. The zero-order chi connectivity index (χ0) is 28.6. The molecule has 1 unspecified atom stereocenters. The van der Waals surface area contributed by atoms with Crippen molar-refractivity contribution in [3.05, 3.63) is 53.4 Å². The fourth-order valence-corrected chi connectivity index (χ4v) is 5.65. The van der Waals surface area contributed by atoms with E-state index in [4.69, 9.17) is 16.3 Å². The van der Waals surface area contributed by atoms with Crippen LogP contribution >= 0.6 is 11.6 Å². The minimum atomic E-state index is -0.790. The third kappa shape index (κ3) is 5.55. The van der Waals surface area contributed by atoms with E-state index in [1.165, 1.54) is 11.1 Å². The molecule has 4 heterocycles. The summed E-state index contributed by atoms with van der Waals surface area (Å²) in [6, 6.07) is 6.35. The molecule has 0 bridgehead atoms. The fraction of sp³-hybridized carbons (Fsp3) is 0.483. The van der Waals surface area contributed by atoms with Gasteiger partial charge in [-0.25, -0.2) is 4.68 Å². The topological polar surface area (TPSA) is 110 Å². The molecule has 3 atom stereocenters. The molecule has 40 heavy (non-hydrogen) atoms. The van der Waals surface area contributed by atoms with Gasteiger partial charge in [0.15, 0.2) is 6.23 Å². The zero-order valence-electron chi connectivity index (χ0n) is 23.3. The van der Waals surface area contributed by atoms with Crippen molar-refractivity contribution in [2.24, 2.45) is 5.41 Å². The van der Waals surface area contributed by atoms with E-state index in [0.717, 1.165) is 30.2 Å². The molecule has 1 N–H and O–H groups in total. The lowest BCUT2D eigenvalue weighted by molar-refractivity contribution is -0.154. The van der Waals surface area contributed by atoms with Crippen molar-refractivity contribution in [1.82, 2.24) is 24.6 Å². The maximum atomic E-state index is 13.8. The van der Waals surface area contributed by atoms with Crippen molar-refractivity contribution in [2.45, 2.75) is 65.3 Å². The van der Waals surface area contributed by atoms with Gasteiger partial charge in [-0.15, -0.1) is 0 Å². The molecule has 11 heteroatoms. The number of benzene rings is 1. The number of carbonyl (C=O) groups excluding carboxylic acids is 3. The summed E-state index contributed by atoms with van der Waals surface area (Å²) < 4.78 is 7.67. The molecule has 2 aromatic heterocycles. The van der Waals surface area contributed by atoms with Gasteiger partial charge < -0.3 is 19.9 Å². The van der Waals surface area contributed by atoms with Crippen LogP contribution in [0.5, 0.6) is 0 Å². The highest BCUT2D eigenvalue weighted by atomic mass is 35.5. The number of nitrogens with one attached hydrogen (secondary N) is 1. The number of ether oxygens (including phenoxy) is 1. The maximum absolute atomic E-state index is 13.8. The number of nitrogens with zero attached hydrogens (tertiary/aromatic N) is 5. The van der Waals surface area contributed by atoms with Gasteiger partial charge >= 0.3 is 11.8 Å². The second-order valence-corrected chi connectivity index (χ2v) is 12.0. The third-order valence-corrected chi connectivity index (χ3v) is 7.74. The molecule has 2 aliphatic rings. The number of carbonyl (C=O) groups is 3. The number of pyridine rings is 1. The number of fused-ring (bicyclic) bond motifs is 1. The fourth-order valence-electron chi connectivity index (χ4n) is 5.45. The van der Waals surface area contributed by atoms with Crippen molar-refractivity contribution >= 4 is 45.9 Å².